The minimum Gasteiger partial charge on any atom is -0.376 e. The molecule has 0 bridgehead atoms. The summed E-state index contributed by atoms with van der Waals surface area (Å²) in [5, 5.41) is 0.763. The molecule has 0 amide bonds. The number of benzene rings is 1. The van der Waals surface area contributed by atoms with Gasteiger partial charge in [0.1, 0.15) is 0 Å². The summed E-state index contributed by atoms with van der Waals surface area (Å²) in [5.41, 5.74) is 1.37. The van der Waals surface area contributed by atoms with Gasteiger partial charge in [-0.25, -0.2) is 0 Å². The van der Waals surface area contributed by atoms with Gasteiger partial charge in [-0.3, -0.25) is 9.79 Å². The second-order valence-electron chi connectivity index (χ2n) is 3.32. The lowest BCUT2D eigenvalue weighted by molar-refractivity contribution is 0.324. The van der Waals surface area contributed by atoms with E-state index in [0.717, 1.165) is 4.74 Å². The highest BCUT2D eigenvalue weighted by atomic mass is 35.5. The number of halogens is 1. The van der Waals surface area contributed by atoms with Gasteiger partial charge in [0, 0.05) is 23.7 Å². The SMILES string of the molecule is C=Nc1cc2on(C)c(=O)c2cc1C(=C)Cl. The topological polar surface area (TPSA) is 47.5 Å². The van der Waals surface area contributed by atoms with Crippen LogP contribution in [-0.4, -0.2) is 11.5 Å². The molecule has 4 nitrogen and oxygen atoms in total. The lowest BCUT2D eigenvalue weighted by Gasteiger charge is -2.01. The molecule has 0 radical (unpaired) electrons. The predicted octanol–water partition coefficient (Wildman–Crippen LogP) is 2.67. The molecule has 0 N–H and O–H groups in total. The van der Waals surface area contributed by atoms with Crippen LogP contribution in [-0.2, 0) is 7.05 Å². The second-order valence-corrected chi connectivity index (χ2v) is 3.78. The van der Waals surface area contributed by atoms with E-state index in [1.165, 1.54) is 0 Å². The first-order valence-corrected chi connectivity index (χ1v) is 4.88. The van der Waals surface area contributed by atoms with Gasteiger partial charge < -0.3 is 4.52 Å². The summed E-state index contributed by atoms with van der Waals surface area (Å²) in [4.78, 5) is 15.5. The standard InChI is InChI=1S/C11H9ClN2O2/c1-6(12)7-4-8-10(5-9(7)13-2)16-14(3)11(8)15/h4-5H,1-2H2,3H3. The fourth-order valence-electron chi connectivity index (χ4n) is 1.52. The van der Waals surface area contributed by atoms with Crippen molar-refractivity contribution in [2.75, 3.05) is 0 Å². The molecule has 0 spiro atoms. The van der Waals surface area contributed by atoms with Crippen LogP contribution in [0.5, 0.6) is 0 Å². The molecule has 0 atom stereocenters. The molecule has 0 fully saturated rings. The van der Waals surface area contributed by atoms with E-state index in [-0.39, 0.29) is 5.56 Å². The molecule has 1 heterocycles. The number of aromatic nitrogens is 1. The Labute approximate surface area is 96.4 Å². The van der Waals surface area contributed by atoms with E-state index in [1.807, 2.05) is 0 Å². The van der Waals surface area contributed by atoms with E-state index in [2.05, 4.69) is 18.3 Å². The average molecular weight is 237 g/mol. The maximum Gasteiger partial charge on any atom is 0.290 e. The van der Waals surface area contributed by atoms with Gasteiger partial charge in [-0.15, -0.1) is 0 Å². The Hall–Kier alpha value is -1.81. The minimum atomic E-state index is -0.218. The van der Waals surface area contributed by atoms with E-state index in [9.17, 15) is 4.79 Å². The highest BCUT2D eigenvalue weighted by Gasteiger charge is 2.12. The van der Waals surface area contributed by atoms with Crippen molar-refractivity contribution in [2.45, 2.75) is 0 Å². The van der Waals surface area contributed by atoms with Crippen LogP contribution in [0.15, 0.2) is 33.0 Å². The summed E-state index contributed by atoms with van der Waals surface area (Å²) < 4.78 is 6.37. The van der Waals surface area contributed by atoms with Gasteiger partial charge in [-0.2, -0.15) is 4.74 Å². The molecule has 1 aromatic heterocycles. The highest BCUT2D eigenvalue weighted by molar-refractivity contribution is 6.48. The first kappa shape index (κ1) is 10.7. The fraction of sp³-hybridized carbons (Fsp3) is 0.0909. The van der Waals surface area contributed by atoms with Crippen molar-refractivity contribution in [3.63, 3.8) is 0 Å². The van der Waals surface area contributed by atoms with Crippen LogP contribution >= 0.6 is 11.6 Å². The number of aliphatic imine (C=N–C) groups is 1. The molecule has 0 unspecified atom stereocenters. The van der Waals surface area contributed by atoms with Crippen LogP contribution in [0.2, 0.25) is 0 Å². The lowest BCUT2D eigenvalue weighted by Crippen LogP contribution is -2.08. The van der Waals surface area contributed by atoms with Crippen LogP contribution in [0.4, 0.5) is 5.69 Å². The molecule has 82 valence electrons. The molecule has 0 aliphatic carbocycles. The third-order valence-corrected chi connectivity index (χ3v) is 2.52. The molecule has 0 aliphatic rings. The number of hydrogen-bond donors (Lipinski definition) is 0. The third-order valence-electron chi connectivity index (χ3n) is 2.31. The predicted molar refractivity (Wildman–Crippen MR) is 65.6 cm³/mol. The van der Waals surface area contributed by atoms with Crippen LogP contribution in [0, 0.1) is 0 Å². The molecule has 1 aromatic carbocycles. The van der Waals surface area contributed by atoms with Crippen molar-refractivity contribution in [3.8, 4) is 0 Å². The largest absolute Gasteiger partial charge is 0.376 e. The Balaban J connectivity index is 2.91. The van der Waals surface area contributed by atoms with Gasteiger partial charge in [0.15, 0.2) is 5.58 Å². The highest BCUT2D eigenvalue weighted by Crippen LogP contribution is 2.31. The summed E-state index contributed by atoms with van der Waals surface area (Å²) >= 11 is 5.82. The Morgan fingerprint density at radius 3 is 2.81 bits per heavy atom. The number of rotatable bonds is 2. The van der Waals surface area contributed by atoms with Crippen molar-refractivity contribution >= 4 is 40.0 Å². The summed E-state index contributed by atoms with van der Waals surface area (Å²) in [7, 11) is 1.54. The molecule has 0 aliphatic heterocycles. The number of nitrogens with zero attached hydrogens (tertiary/aromatic N) is 2. The Morgan fingerprint density at radius 2 is 2.25 bits per heavy atom. The lowest BCUT2D eigenvalue weighted by atomic mass is 10.1. The summed E-state index contributed by atoms with van der Waals surface area (Å²) in [6, 6.07) is 3.23. The molecular weight excluding hydrogens is 228 g/mol. The molecule has 0 saturated heterocycles. The van der Waals surface area contributed by atoms with Crippen molar-refractivity contribution in [2.24, 2.45) is 12.0 Å². The zero-order valence-electron chi connectivity index (χ0n) is 8.66. The smallest absolute Gasteiger partial charge is 0.290 e. The summed E-state index contributed by atoms with van der Waals surface area (Å²) in [5.74, 6) is 0. The van der Waals surface area contributed by atoms with Gasteiger partial charge in [-0.05, 0) is 12.8 Å². The van der Waals surface area contributed by atoms with Crippen molar-refractivity contribution in [1.29, 1.82) is 0 Å². The second kappa shape index (κ2) is 3.64. The molecule has 2 aromatic rings. The Morgan fingerprint density at radius 1 is 1.56 bits per heavy atom. The van der Waals surface area contributed by atoms with Gasteiger partial charge >= 0.3 is 0 Å². The molecule has 2 rings (SSSR count). The van der Waals surface area contributed by atoms with E-state index in [4.69, 9.17) is 16.1 Å². The molecular formula is C11H9ClN2O2. The summed E-state index contributed by atoms with van der Waals surface area (Å²) in [6.45, 7) is 7.05. The van der Waals surface area contributed by atoms with Crippen molar-refractivity contribution < 1.29 is 4.52 Å². The van der Waals surface area contributed by atoms with Crippen LogP contribution in [0.1, 0.15) is 5.56 Å². The van der Waals surface area contributed by atoms with Gasteiger partial charge in [0.25, 0.3) is 5.56 Å². The Kier molecular flexibility index (Phi) is 2.44. The normalized spacial score (nSPS) is 10.6. The monoisotopic (exact) mass is 236 g/mol. The zero-order valence-corrected chi connectivity index (χ0v) is 9.41. The number of aryl methyl sites for hydroxylation is 1. The first-order valence-electron chi connectivity index (χ1n) is 4.50. The van der Waals surface area contributed by atoms with Crippen LogP contribution in [0.25, 0.3) is 16.0 Å². The molecule has 5 heteroatoms. The average Bonchev–Trinajstić information content (AvgIpc) is 2.53. The quantitative estimate of drug-likeness (QED) is 0.753. The number of hydrogen-bond acceptors (Lipinski definition) is 3. The van der Waals surface area contributed by atoms with E-state index in [1.54, 1.807) is 19.2 Å². The number of fused-ring (bicyclic) bond motifs is 1. The van der Waals surface area contributed by atoms with E-state index in [0.29, 0.717) is 27.3 Å². The third kappa shape index (κ3) is 1.47. The van der Waals surface area contributed by atoms with E-state index >= 15 is 0 Å². The zero-order chi connectivity index (χ0) is 11.9. The van der Waals surface area contributed by atoms with Crippen molar-refractivity contribution in [3.05, 3.63) is 34.6 Å². The Bertz CT molecular complexity index is 652. The molecule has 0 saturated carbocycles. The van der Waals surface area contributed by atoms with Crippen LogP contribution < -0.4 is 5.56 Å². The fourth-order valence-corrected chi connectivity index (χ4v) is 1.67. The van der Waals surface area contributed by atoms with Gasteiger partial charge in [-0.1, -0.05) is 18.2 Å². The van der Waals surface area contributed by atoms with Crippen molar-refractivity contribution in [1.82, 2.24) is 4.74 Å². The summed E-state index contributed by atoms with van der Waals surface area (Å²) in [6.07, 6.45) is 0. The minimum absolute atomic E-state index is 0.218. The van der Waals surface area contributed by atoms with Crippen LogP contribution in [0.3, 0.4) is 0 Å². The maximum absolute atomic E-state index is 11.7. The van der Waals surface area contributed by atoms with E-state index < -0.39 is 0 Å². The van der Waals surface area contributed by atoms with Gasteiger partial charge in [0.05, 0.1) is 11.1 Å². The maximum atomic E-state index is 11.7. The molecule has 16 heavy (non-hydrogen) atoms. The first-order chi connectivity index (χ1) is 7.54. The van der Waals surface area contributed by atoms with Gasteiger partial charge in [0.2, 0.25) is 0 Å².